The van der Waals surface area contributed by atoms with Gasteiger partial charge in [-0.25, -0.2) is 0 Å². The van der Waals surface area contributed by atoms with Crippen molar-refractivity contribution in [2.24, 2.45) is 0 Å². The summed E-state index contributed by atoms with van der Waals surface area (Å²) >= 11 is 0. The summed E-state index contributed by atoms with van der Waals surface area (Å²) in [6.07, 6.45) is -1.23. The summed E-state index contributed by atoms with van der Waals surface area (Å²) in [5, 5.41) is 19.5. The van der Waals surface area contributed by atoms with Gasteiger partial charge in [-0.3, -0.25) is 4.79 Å². The van der Waals surface area contributed by atoms with Gasteiger partial charge in [0.1, 0.15) is 36.6 Å². The SMILES string of the molecule is COC(=O)CC1COc2cc(OCc3cccc(-c4c(C)cc(OC[C@@H]5C[C@@H](O)[C@@H](O)CO5)cc4C)c3)ccc21. The van der Waals surface area contributed by atoms with E-state index in [0.717, 1.165) is 44.9 Å². The Kier molecular flexibility index (Phi) is 8.59. The lowest BCUT2D eigenvalue weighted by molar-refractivity contribution is -0.141. The molecule has 0 aliphatic carbocycles. The first-order valence-corrected chi connectivity index (χ1v) is 13.6. The van der Waals surface area contributed by atoms with E-state index in [2.05, 4.69) is 26.0 Å². The molecule has 4 atom stereocenters. The third kappa shape index (κ3) is 6.41. The molecule has 1 saturated heterocycles. The van der Waals surface area contributed by atoms with Crippen molar-refractivity contribution in [3.8, 4) is 28.4 Å². The molecular formula is C32H36O8. The normalized spacial score (nSPS) is 21.8. The van der Waals surface area contributed by atoms with Crippen LogP contribution in [0.4, 0.5) is 0 Å². The van der Waals surface area contributed by atoms with Crippen LogP contribution in [0.2, 0.25) is 0 Å². The molecule has 0 bridgehead atoms. The molecule has 0 radical (unpaired) electrons. The largest absolute Gasteiger partial charge is 0.492 e. The van der Waals surface area contributed by atoms with Gasteiger partial charge in [-0.2, -0.15) is 0 Å². The highest BCUT2D eigenvalue weighted by Crippen LogP contribution is 2.39. The first-order valence-electron chi connectivity index (χ1n) is 13.6. The van der Waals surface area contributed by atoms with Crippen LogP contribution < -0.4 is 14.2 Å². The molecule has 1 unspecified atom stereocenters. The molecule has 2 aliphatic heterocycles. The monoisotopic (exact) mass is 548 g/mol. The van der Waals surface area contributed by atoms with E-state index in [1.165, 1.54) is 7.11 Å². The number of hydrogen-bond acceptors (Lipinski definition) is 8. The second kappa shape index (κ2) is 12.3. The van der Waals surface area contributed by atoms with Gasteiger partial charge in [0.15, 0.2) is 0 Å². The topological polar surface area (TPSA) is 104 Å². The number of aliphatic hydroxyl groups is 2. The third-order valence-corrected chi connectivity index (χ3v) is 7.52. The van der Waals surface area contributed by atoms with Crippen LogP contribution in [0.3, 0.4) is 0 Å². The van der Waals surface area contributed by atoms with Gasteiger partial charge in [-0.05, 0) is 65.9 Å². The van der Waals surface area contributed by atoms with Gasteiger partial charge in [0.2, 0.25) is 0 Å². The van der Waals surface area contributed by atoms with Crippen LogP contribution in [0.15, 0.2) is 54.6 Å². The van der Waals surface area contributed by atoms with Crippen molar-refractivity contribution >= 4 is 5.97 Å². The Morgan fingerprint density at radius 2 is 1.75 bits per heavy atom. The highest BCUT2D eigenvalue weighted by molar-refractivity contribution is 5.72. The average molecular weight is 549 g/mol. The van der Waals surface area contributed by atoms with Gasteiger partial charge >= 0.3 is 5.97 Å². The number of aryl methyl sites for hydroxylation is 2. The van der Waals surface area contributed by atoms with Gasteiger partial charge in [0.05, 0.1) is 39.0 Å². The Balaban J connectivity index is 1.22. The molecule has 2 N–H and O–H groups in total. The quantitative estimate of drug-likeness (QED) is 0.378. The Labute approximate surface area is 234 Å². The molecule has 8 nitrogen and oxygen atoms in total. The standard InChI is InChI=1S/C32H36O8/c1-19-9-25(38-17-26-13-28(33)29(34)18-39-26)10-20(2)32(19)22-6-4-5-21(11-22)15-37-24-7-8-27-23(12-31(35)36-3)16-40-30(27)14-24/h4-11,14,23,26,28-29,33-34H,12-13,15-18H2,1-3H3/t23?,26-,28+,29-/m0/s1. The van der Waals surface area contributed by atoms with E-state index >= 15 is 0 Å². The number of carbonyl (C=O) groups excluding carboxylic acids is 1. The molecule has 212 valence electrons. The van der Waals surface area contributed by atoms with E-state index in [1.807, 2.05) is 42.5 Å². The van der Waals surface area contributed by atoms with E-state index in [0.29, 0.717) is 38.4 Å². The van der Waals surface area contributed by atoms with Crippen molar-refractivity contribution in [3.63, 3.8) is 0 Å². The summed E-state index contributed by atoms with van der Waals surface area (Å²) in [6.45, 7) is 5.42. The zero-order valence-electron chi connectivity index (χ0n) is 23.1. The number of ether oxygens (including phenoxy) is 5. The molecule has 5 rings (SSSR count). The molecule has 2 aliphatic rings. The number of carbonyl (C=O) groups is 1. The summed E-state index contributed by atoms with van der Waals surface area (Å²) in [4.78, 5) is 11.7. The summed E-state index contributed by atoms with van der Waals surface area (Å²) in [5.41, 5.74) is 6.45. The summed E-state index contributed by atoms with van der Waals surface area (Å²) in [7, 11) is 1.40. The number of benzene rings is 3. The second-order valence-corrected chi connectivity index (χ2v) is 10.5. The summed E-state index contributed by atoms with van der Waals surface area (Å²) < 4.78 is 28.2. The van der Waals surface area contributed by atoms with Gasteiger partial charge in [-0.1, -0.05) is 24.3 Å². The van der Waals surface area contributed by atoms with Crippen LogP contribution in [-0.2, 0) is 20.9 Å². The smallest absolute Gasteiger partial charge is 0.306 e. The molecule has 0 aromatic heterocycles. The van der Waals surface area contributed by atoms with Crippen LogP contribution in [0.5, 0.6) is 17.2 Å². The minimum Gasteiger partial charge on any atom is -0.492 e. The Hall–Kier alpha value is -3.59. The van der Waals surface area contributed by atoms with E-state index in [9.17, 15) is 15.0 Å². The van der Waals surface area contributed by atoms with Crippen LogP contribution in [0.25, 0.3) is 11.1 Å². The molecule has 2 heterocycles. The maximum absolute atomic E-state index is 11.7. The minimum atomic E-state index is -0.837. The number of rotatable bonds is 9. The van der Waals surface area contributed by atoms with Crippen LogP contribution >= 0.6 is 0 Å². The Morgan fingerprint density at radius 1 is 0.950 bits per heavy atom. The molecule has 0 spiro atoms. The third-order valence-electron chi connectivity index (χ3n) is 7.52. The van der Waals surface area contributed by atoms with Crippen molar-refractivity contribution < 1.29 is 38.7 Å². The van der Waals surface area contributed by atoms with E-state index in [4.69, 9.17) is 23.7 Å². The molecule has 40 heavy (non-hydrogen) atoms. The number of fused-ring (bicyclic) bond motifs is 1. The van der Waals surface area contributed by atoms with Crippen molar-refractivity contribution in [1.82, 2.24) is 0 Å². The molecular weight excluding hydrogens is 512 g/mol. The molecule has 8 heteroatoms. The van der Waals surface area contributed by atoms with Crippen molar-refractivity contribution in [3.05, 3.63) is 76.9 Å². The summed E-state index contributed by atoms with van der Waals surface area (Å²) in [5.74, 6) is 1.96. The number of hydrogen-bond donors (Lipinski definition) is 2. The van der Waals surface area contributed by atoms with Crippen LogP contribution in [-0.4, -0.2) is 61.4 Å². The van der Waals surface area contributed by atoms with Crippen LogP contribution in [0, 0.1) is 13.8 Å². The fraction of sp³-hybridized carbons (Fsp3) is 0.406. The van der Waals surface area contributed by atoms with Gasteiger partial charge in [-0.15, -0.1) is 0 Å². The molecule has 3 aromatic rings. The average Bonchev–Trinajstić information content (AvgIpc) is 3.34. The summed E-state index contributed by atoms with van der Waals surface area (Å²) in [6, 6.07) is 18.1. The zero-order valence-corrected chi connectivity index (χ0v) is 23.1. The number of esters is 1. The number of aliphatic hydroxyl groups excluding tert-OH is 2. The second-order valence-electron chi connectivity index (χ2n) is 10.5. The van der Waals surface area contributed by atoms with E-state index < -0.39 is 12.2 Å². The van der Waals surface area contributed by atoms with E-state index in [-0.39, 0.29) is 24.6 Å². The lowest BCUT2D eigenvalue weighted by Gasteiger charge is -2.30. The predicted molar refractivity (Wildman–Crippen MR) is 149 cm³/mol. The fourth-order valence-electron chi connectivity index (χ4n) is 5.39. The molecule has 0 amide bonds. The Bertz CT molecular complexity index is 1330. The highest BCUT2D eigenvalue weighted by atomic mass is 16.5. The minimum absolute atomic E-state index is 0.000961. The maximum Gasteiger partial charge on any atom is 0.306 e. The lowest BCUT2D eigenvalue weighted by atomic mass is 9.94. The van der Waals surface area contributed by atoms with Crippen LogP contribution in [0.1, 0.15) is 41.0 Å². The van der Waals surface area contributed by atoms with E-state index in [1.54, 1.807) is 0 Å². The first kappa shape index (κ1) is 28.0. The fourth-order valence-corrected chi connectivity index (χ4v) is 5.39. The highest BCUT2D eigenvalue weighted by Gasteiger charge is 2.29. The molecule has 3 aromatic carbocycles. The Morgan fingerprint density at radius 3 is 2.50 bits per heavy atom. The van der Waals surface area contributed by atoms with Gasteiger partial charge < -0.3 is 33.9 Å². The maximum atomic E-state index is 11.7. The lowest BCUT2D eigenvalue weighted by Crippen LogP contribution is -2.43. The predicted octanol–water partition coefficient (Wildman–Crippen LogP) is 4.48. The molecule has 0 saturated carbocycles. The first-order chi connectivity index (χ1) is 19.3. The molecule has 1 fully saturated rings. The van der Waals surface area contributed by atoms with Crippen molar-refractivity contribution in [1.29, 1.82) is 0 Å². The zero-order chi connectivity index (χ0) is 28.2. The van der Waals surface area contributed by atoms with Gasteiger partial charge in [0.25, 0.3) is 0 Å². The van der Waals surface area contributed by atoms with Crippen molar-refractivity contribution in [2.75, 3.05) is 26.9 Å². The number of methoxy groups -OCH3 is 1. The van der Waals surface area contributed by atoms with Gasteiger partial charge in [0, 0.05) is 24.0 Å². The van der Waals surface area contributed by atoms with Crippen molar-refractivity contribution in [2.45, 2.75) is 57.5 Å².